The molecule has 0 aromatic heterocycles. The van der Waals surface area contributed by atoms with Gasteiger partial charge in [0.25, 0.3) is 0 Å². The predicted octanol–water partition coefficient (Wildman–Crippen LogP) is -0.0323. The minimum Gasteiger partial charge on any atom is -0.396 e. The zero-order valence-corrected chi connectivity index (χ0v) is 9.28. The monoisotopic (exact) mass is 212 g/mol. The normalized spacial score (nSPS) is 28.5. The van der Waals surface area contributed by atoms with Crippen LogP contribution in [0.2, 0.25) is 0 Å². The molecule has 0 aromatic rings. The number of hydrogen-bond acceptors (Lipinski definition) is 3. The van der Waals surface area contributed by atoms with Crippen LogP contribution in [-0.4, -0.2) is 47.7 Å². The van der Waals surface area contributed by atoms with Gasteiger partial charge in [0.15, 0.2) is 0 Å². The minimum absolute atomic E-state index is 0.0448. The molecule has 0 aromatic carbocycles. The van der Waals surface area contributed by atoms with Gasteiger partial charge in [0.1, 0.15) is 0 Å². The van der Waals surface area contributed by atoms with Crippen LogP contribution in [0.3, 0.4) is 0 Å². The molecule has 86 valence electrons. The van der Waals surface area contributed by atoms with Gasteiger partial charge in [0, 0.05) is 25.7 Å². The van der Waals surface area contributed by atoms with Gasteiger partial charge in [-0.3, -0.25) is 4.79 Å². The molecule has 2 fully saturated rings. The summed E-state index contributed by atoms with van der Waals surface area (Å²) in [7, 11) is 0. The van der Waals surface area contributed by atoms with Crippen LogP contribution >= 0.6 is 0 Å². The van der Waals surface area contributed by atoms with Gasteiger partial charge in [-0.15, -0.1) is 0 Å². The third-order valence-corrected chi connectivity index (χ3v) is 3.16. The lowest BCUT2D eigenvalue weighted by atomic mass is 10.2. The Labute approximate surface area is 90.6 Å². The summed E-state index contributed by atoms with van der Waals surface area (Å²) in [5.41, 5.74) is 0. The Bertz CT molecular complexity index is 241. The Morgan fingerprint density at radius 3 is 2.87 bits per heavy atom. The van der Waals surface area contributed by atoms with Crippen molar-refractivity contribution < 1.29 is 9.90 Å². The van der Waals surface area contributed by atoms with Crippen LogP contribution in [0.15, 0.2) is 0 Å². The maximum atomic E-state index is 11.9. The highest BCUT2D eigenvalue weighted by atomic mass is 16.3. The number of carbonyl (C=O) groups excluding carboxylic acids is 1. The summed E-state index contributed by atoms with van der Waals surface area (Å²) >= 11 is 0. The van der Waals surface area contributed by atoms with Crippen molar-refractivity contribution in [2.45, 2.75) is 38.3 Å². The molecule has 15 heavy (non-hydrogen) atoms. The highest BCUT2D eigenvalue weighted by Crippen LogP contribution is 2.22. The quantitative estimate of drug-likeness (QED) is 0.673. The second-order valence-electron chi connectivity index (χ2n) is 4.85. The van der Waals surface area contributed by atoms with E-state index < -0.39 is 0 Å². The SMILES string of the molecule is CC(CO)CN1CCC(NC2CC2)C1=O. The van der Waals surface area contributed by atoms with E-state index in [-0.39, 0.29) is 24.5 Å². The van der Waals surface area contributed by atoms with E-state index in [2.05, 4.69) is 5.32 Å². The number of likely N-dealkylation sites (tertiary alicyclic amines) is 1. The fourth-order valence-corrected chi connectivity index (χ4v) is 2.04. The standard InChI is InChI=1S/C11H20N2O2/c1-8(7-14)6-13-5-4-10(11(13)15)12-9-2-3-9/h8-10,12,14H,2-7H2,1H3. The molecule has 1 saturated heterocycles. The summed E-state index contributed by atoms with van der Waals surface area (Å²) in [5, 5.41) is 12.3. The number of aliphatic hydroxyl groups is 1. The van der Waals surface area contributed by atoms with Crippen LogP contribution in [0.5, 0.6) is 0 Å². The lowest BCUT2D eigenvalue weighted by molar-refractivity contribution is -0.130. The summed E-state index contributed by atoms with van der Waals surface area (Å²) in [6.45, 7) is 3.66. The number of nitrogens with one attached hydrogen (secondary N) is 1. The molecule has 4 nitrogen and oxygen atoms in total. The molecule has 4 heteroatoms. The van der Waals surface area contributed by atoms with E-state index in [9.17, 15) is 4.79 Å². The Kier molecular flexibility index (Phi) is 3.26. The van der Waals surface area contributed by atoms with Crippen LogP contribution in [0.25, 0.3) is 0 Å². The molecule has 0 spiro atoms. The molecule has 2 N–H and O–H groups in total. The van der Waals surface area contributed by atoms with Crippen molar-refractivity contribution in [2.24, 2.45) is 5.92 Å². The van der Waals surface area contributed by atoms with Gasteiger partial charge in [0.05, 0.1) is 6.04 Å². The molecule has 0 bridgehead atoms. The second kappa shape index (κ2) is 4.49. The predicted molar refractivity (Wildman–Crippen MR) is 57.4 cm³/mol. The van der Waals surface area contributed by atoms with Crippen molar-refractivity contribution in [1.82, 2.24) is 10.2 Å². The average molecular weight is 212 g/mol. The molecule has 2 unspecified atom stereocenters. The zero-order chi connectivity index (χ0) is 10.8. The van der Waals surface area contributed by atoms with Gasteiger partial charge in [-0.25, -0.2) is 0 Å². The number of aliphatic hydroxyl groups excluding tert-OH is 1. The fraction of sp³-hybridized carbons (Fsp3) is 0.909. The molecule has 0 radical (unpaired) electrons. The van der Waals surface area contributed by atoms with Crippen molar-refractivity contribution >= 4 is 5.91 Å². The van der Waals surface area contributed by atoms with Crippen molar-refractivity contribution in [3.63, 3.8) is 0 Å². The number of carbonyl (C=O) groups is 1. The maximum absolute atomic E-state index is 11.9. The lowest BCUT2D eigenvalue weighted by Gasteiger charge is -2.20. The van der Waals surface area contributed by atoms with E-state index >= 15 is 0 Å². The summed E-state index contributed by atoms with van der Waals surface area (Å²) in [4.78, 5) is 13.8. The number of amides is 1. The van der Waals surface area contributed by atoms with Gasteiger partial charge in [-0.05, 0) is 25.2 Å². The molecule has 1 heterocycles. The van der Waals surface area contributed by atoms with Gasteiger partial charge in [-0.2, -0.15) is 0 Å². The first-order chi connectivity index (χ1) is 7.20. The van der Waals surface area contributed by atoms with Crippen LogP contribution in [0, 0.1) is 5.92 Å². The van der Waals surface area contributed by atoms with Crippen molar-refractivity contribution in [1.29, 1.82) is 0 Å². The Morgan fingerprint density at radius 1 is 1.53 bits per heavy atom. The fourth-order valence-electron chi connectivity index (χ4n) is 2.04. The van der Waals surface area contributed by atoms with Crippen LogP contribution in [-0.2, 0) is 4.79 Å². The van der Waals surface area contributed by atoms with Crippen molar-refractivity contribution in [3.8, 4) is 0 Å². The van der Waals surface area contributed by atoms with E-state index in [0.717, 1.165) is 13.0 Å². The molecule has 2 atom stereocenters. The molecule has 1 aliphatic heterocycles. The largest absolute Gasteiger partial charge is 0.396 e. The zero-order valence-electron chi connectivity index (χ0n) is 9.28. The molecule has 1 saturated carbocycles. The molecule has 1 amide bonds. The molecule has 1 aliphatic carbocycles. The summed E-state index contributed by atoms with van der Waals surface area (Å²) < 4.78 is 0. The van der Waals surface area contributed by atoms with E-state index in [1.165, 1.54) is 12.8 Å². The molecule has 2 rings (SSSR count). The average Bonchev–Trinajstić information content (AvgIpc) is 2.98. The van der Waals surface area contributed by atoms with Crippen LogP contribution in [0.4, 0.5) is 0 Å². The van der Waals surface area contributed by atoms with E-state index in [0.29, 0.717) is 12.6 Å². The Hall–Kier alpha value is -0.610. The number of nitrogens with zero attached hydrogens (tertiary/aromatic N) is 1. The highest BCUT2D eigenvalue weighted by molar-refractivity contribution is 5.84. The summed E-state index contributed by atoms with van der Waals surface area (Å²) in [6.07, 6.45) is 3.36. The van der Waals surface area contributed by atoms with E-state index in [4.69, 9.17) is 5.11 Å². The second-order valence-corrected chi connectivity index (χ2v) is 4.85. The van der Waals surface area contributed by atoms with Gasteiger partial charge >= 0.3 is 0 Å². The van der Waals surface area contributed by atoms with E-state index in [1.807, 2.05) is 11.8 Å². The first-order valence-electron chi connectivity index (χ1n) is 5.86. The van der Waals surface area contributed by atoms with Crippen molar-refractivity contribution in [3.05, 3.63) is 0 Å². The first kappa shape index (κ1) is 10.9. The van der Waals surface area contributed by atoms with Crippen LogP contribution < -0.4 is 5.32 Å². The summed E-state index contributed by atoms with van der Waals surface area (Å²) in [5.74, 6) is 0.413. The third kappa shape index (κ3) is 2.69. The lowest BCUT2D eigenvalue weighted by Crippen LogP contribution is -2.40. The molecular formula is C11H20N2O2. The third-order valence-electron chi connectivity index (χ3n) is 3.16. The first-order valence-corrected chi connectivity index (χ1v) is 5.86. The maximum Gasteiger partial charge on any atom is 0.239 e. The summed E-state index contributed by atoms with van der Waals surface area (Å²) in [6, 6.07) is 0.637. The van der Waals surface area contributed by atoms with Gasteiger partial charge in [0.2, 0.25) is 5.91 Å². The number of hydrogen-bond donors (Lipinski definition) is 2. The topological polar surface area (TPSA) is 52.6 Å². The highest BCUT2D eigenvalue weighted by Gasteiger charge is 2.35. The van der Waals surface area contributed by atoms with Crippen LogP contribution in [0.1, 0.15) is 26.2 Å². The van der Waals surface area contributed by atoms with Gasteiger partial charge < -0.3 is 15.3 Å². The molecular weight excluding hydrogens is 192 g/mol. The minimum atomic E-state index is 0.0448. The van der Waals surface area contributed by atoms with Gasteiger partial charge in [-0.1, -0.05) is 6.92 Å². The Balaban J connectivity index is 1.80. The number of rotatable bonds is 5. The molecule has 2 aliphatic rings. The smallest absolute Gasteiger partial charge is 0.239 e. The van der Waals surface area contributed by atoms with Crippen molar-refractivity contribution in [2.75, 3.05) is 19.7 Å². The Morgan fingerprint density at radius 2 is 2.27 bits per heavy atom. The van der Waals surface area contributed by atoms with E-state index in [1.54, 1.807) is 0 Å².